The van der Waals surface area contributed by atoms with Crippen LogP contribution < -0.4 is 16.4 Å². The third-order valence-corrected chi connectivity index (χ3v) is 4.40. The van der Waals surface area contributed by atoms with Crippen LogP contribution in [0.3, 0.4) is 0 Å². The number of rotatable bonds is 8. The summed E-state index contributed by atoms with van der Waals surface area (Å²) in [4.78, 5) is 12.2. The maximum atomic E-state index is 12.7. The number of nitrogens with zero attached hydrogens (tertiary/aromatic N) is 2. The van der Waals surface area contributed by atoms with Gasteiger partial charge in [-0.25, -0.2) is 0 Å². The number of hydrogen-bond donors (Lipinski definition) is 3. The van der Waals surface area contributed by atoms with Gasteiger partial charge >= 0.3 is 6.18 Å². The molecule has 1 aromatic rings. The molecule has 0 aromatic carbocycles. The van der Waals surface area contributed by atoms with Crippen LogP contribution in [0.15, 0.2) is 6.07 Å². The Balaban J connectivity index is 2.17. The van der Waals surface area contributed by atoms with Gasteiger partial charge in [0.15, 0.2) is 11.0 Å². The second-order valence-electron chi connectivity index (χ2n) is 7.82. The molecule has 0 saturated heterocycles. The first-order valence-electron chi connectivity index (χ1n) is 8.89. The first kappa shape index (κ1) is 22.8. The van der Waals surface area contributed by atoms with Crippen molar-refractivity contribution in [3.63, 3.8) is 0 Å². The lowest BCUT2D eigenvalue weighted by molar-refractivity contribution is -0.147. The van der Waals surface area contributed by atoms with E-state index in [-0.39, 0.29) is 29.6 Å². The number of aromatic nitrogens is 2. The van der Waals surface area contributed by atoms with Crippen LogP contribution in [-0.2, 0) is 9.53 Å². The van der Waals surface area contributed by atoms with E-state index in [2.05, 4.69) is 20.8 Å². The minimum Gasteiger partial charge on any atom is -0.376 e. The summed E-state index contributed by atoms with van der Waals surface area (Å²) < 4.78 is 43.8. The zero-order valence-electron chi connectivity index (χ0n) is 15.9. The first-order chi connectivity index (χ1) is 12.9. The van der Waals surface area contributed by atoms with Crippen LogP contribution in [-0.4, -0.2) is 47.6 Å². The molecular weight excluding hydrogens is 399 g/mol. The number of halogens is 4. The Morgan fingerprint density at radius 1 is 1.36 bits per heavy atom. The fourth-order valence-electron chi connectivity index (χ4n) is 2.11. The van der Waals surface area contributed by atoms with E-state index >= 15 is 0 Å². The van der Waals surface area contributed by atoms with Crippen molar-refractivity contribution in [1.29, 1.82) is 0 Å². The molecule has 1 aromatic heterocycles. The molecule has 158 valence electrons. The SMILES string of the molecule is CC(C)(C)C(=O)Nc1cc([C@@H](COC2CC2)NC[C@H](N)C(F)(F)F)c(Cl)nn1. The fraction of sp³-hybridized carbons (Fsp3) is 0.706. The largest absolute Gasteiger partial charge is 0.404 e. The lowest BCUT2D eigenvalue weighted by Gasteiger charge is -2.24. The van der Waals surface area contributed by atoms with Crippen LogP contribution in [0.5, 0.6) is 0 Å². The van der Waals surface area contributed by atoms with Crippen LogP contribution in [0.25, 0.3) is 0 Å². The summed E-state index contributed by atoms with van der Waals surface area (Å²) in [5.41, 5.74) is 4.89. The minimum atomic E-state index is -4.53. The van der Waals surface area contributed by atoms with Crippen LogP contribution in [0.4, 0.5) is 19.0 Å². The first-order valence-corrected chi connectivity index (χ1v) is 9.27. The topological polar surface area (TPSA) is 102 Å². The van der Waals surface area contributed by atoms with Gasteiger partial charge in [0.1, 0.15) is 6.04 Å². The summed E-state index contributed by atoms with van der Waals surface area (Å²) in [6, 6.07) is -1.25. The van der Waals surface area contributed by atoms with Crippen LogP contribution in [0.1, 0.15) is 45.2 Å². The summed E-state index contributed by atoms with van der Waals surface area (Å²) in [5.74, 6) is -0.134. The summed E-state index contributed by atoms with van der Waals surface area (Å²) in [6.07, 6.45) is -2.62. The molecule has 2 rings (SSSR count). The van der Waals surface area contributed by atoms with Crippen molar-refractivity contribution in [3.05, 3.63) is 16.8 Å². The molecule has 1 fully saturated rings. The summed E-state index contributed by atoms with van der Waals surface area (Å²) in [5, 5.41) is 13.0. The quantitative estimate of drug-likeness (QED) is 0.594. The molecule has 1 aliphatic rings. The highest BCUT2D eigenvalue weighted by Crippen LogP contribution is 2.29. The number of nitrogens with two attached hydrogens (primary N) is 1. The number of anilines is 1. The third kappa shape index (κ3) is 6.84. The van der Waals surface area contributed by atoms with Crippen molar-refractivity contribution in [2.75, 3.05) is 18.5 Å². The zero-order chi connectivity index (χ0) is 21.1. The second-order valence-corrected chi connectivity index (χ2v) is 8.18. The number of alkyl halides is 3. The average Bonchev–Trinajstić information content (AvgIpc) is 3.39. The van der Waals surface area contributed by atoms with Crippen molar-refractivity contribution in [3.8, 4) is 0 Å². The molecule has 28 heavy (non-hydrogen) atoms. The molecule has 2 atom stereocenters. The second kappa shape index (κ2) is 8.89. The molecule has 1 amide bonds. The van der Waals surface area contributed by atoms with Crippen molar-refractivity contribution >= 4 is 23.3 Å². The van der Waals surface area contributed by atoms with E-state index in [9.17, 15) is 18.0 Å². The predicted octanol–water partition coefficient (Wildman–Crippen LogP) is 2.81. The Bertz CT molecular complexity index is 692. The molecule has 0 unspecified atom stereocenters. The number of carbonyl (C=O) groups excluding carboxylic acids is 1. The lowest BCUT2D eigenvalue weighted by Crippen LogP contribution is -2.46. The van der Waals surface area contributed by atoms with Gasteiger partial charge in [0.05, 0.1) is 18.8 Å². The number of ether oxygens (including phenoxy) is 1. The maximum absolute atomic E-state index is 12.7. The minimum absolute atomic E-state index is 0.00577. The van der Waals surface area contributed by atoms with E-state index < -0.39 is 30.2 Å². The van der Waals surface area contributed by atoms with Gasteiger partial charge in [-0.15, -0.1) is 10.2 Å². The molecule has 1 heterocycles. The summed E-state index contributed by atoms with van der Waals surface area (Å²) in [7, 11) is 0. The molecule has 0 radical (unpaired) electrons. The summed E-state index contributed by atoms with van der Waals surface area (Å²) in [6.45, 7) is 4.77. The number of amides is 1. The standard InChI is InChI=1S/C17H25ClF3N5O2/c1-16(2,3)15(27)24-13-6-10(14(18)26-25-13)11(8-28-9-4-5-9)23-7-12(22)17(19,20)21/h6,9,11-12,23H,4-5,7-8,22H2,1-3H3,(H,24,25,27)/t11-,12+/m1/s1. The van der Waals surface area contributed by atoms with Gasteiger partial charge in [0.2, 0.25) is 5.91 Å². The highest BCUT2D eigenvalue weighted by atomic mass is 35.5. The van der Waals surface area contributed by atoms with Gasteiger partial charge in [-0.2, -0.15) is 13.2 Å². The highest BCUT2D eigenvalue weighted by Gasteiger charge is 2.37. The number of carbonyl (C=O) groups is 1. The molecule has 7 nitrogen and oxygen atoms in total. The highest BCUT2D eigenvalue weighted by molar-refractivity contribution is 6.30. The molecule has 11 heteroatoms. The Morgan fingerprint density at radius 2 is 2.00 bits per heavy atom. The van der Waals surface area contributed by atoms with Crippen LogP contribution in [0.2, 0.25) is 5.15 Å². The van der Waals surface area contributed by atoms with E-state index in [4.69, 9.17) is 22.1 Å². The van der Waals surface area contributed by atoms with E-state index in [1.54, 1.807) is 20.8 Å². The lowest BCUT2D eigenvalue weighted by atomic mass is 9.96. The molecule has 1 saturated carbocycles. The molecule has 0 bridgehead atoms. The maximum Gasteiger partial charge on any atom is 0.404 e. The Morgan fingerprint density at radius 3 is 2.54 bits per heavy atom. The molecule has 0 aliphatic heterocycles. The Kier molecular flexibility index (Phi) is 7.24. The van der Waals surface area contributed by atoms with Crippen molar-refractivity contribution < 1.29 is 22.7 Å². The Hall–Kier alpha value is -1.49. The normalized spacial score (nSPS) is 17.3. The van der Waals surface area contributed by atoms with Crippen molar-refractivity contribution in [2.24, 2.45) is 11.1 Å². The Labute approximate surface area is 166 Å². The number of nitrogens with one attached hydrogen (secondary N) is 2. The average molecular weight is 424 g/mol. The number of hydrogen-bond acceptors (Lipinski definition) is 6. The van der Waals surface area contributed by atoms with Crippen LogP contribution >= 0.6 is 11.6 Å². The molecule has 0 spiro atoms. The fourth-order valence-corrected chi connectivity index (χ4v) is 2.34. The molecule has 1 aliphatic carbocycles. The van der Waals surface area contributed by atoms with Gasteiger partial charge in [-0.05, 0) is 18.9 Å². The van der Waals surface area contributed by atoms with Gasteiger partial charge in [0, 0.05) is 17.5 Å². The van der Waals surface area contributed by atoms with Gasteiger partial charge in [0.25, 0.3) is 0 Å². The molecular formula is C17H25ClF3N5O2. The zero-order valence-corrected chi connectivity index (χ0v) is 16.7. The van der Waals surface area contributed by atoms with Crippen LogP contribution in [0, 0.1) is 5.41 Å². The van der Waals surface area contributed by atoms with E-state index in [0.717, 1.165) is 12.8 Å². The van der Waals surface area contributed by atoms with Gasteiger partial charge in [-0.1, -0.05) is 32.4 Å². The van der Waals surface area contributed by atoms with E-state index in [1.807, 2.05) is 0 Å². The summed E-state index contributed by atoms with van der Waals surface area (Å²) >= 11 is 6.12. The smallest absolute Gasteiger partial charge is 0.376 e. The van der Waals surface area contributed by atoms with Gasteiger partial charge < -0.3 is 21.1 Å². The van der Waals surface area contributed by atoms with Gasteiger partial charge in [-0.3, -0.25) is 4.79 Å². The molecule has 4 N–H and O–H groups in total. The third-order valence-electron chi connectivity index (χ3n) is 4.10. The monoisotopic (exact) mass is 423 g/mol. The van der Waals surface area contributed by atoms with Crippen molar-refractivity contribution in [2.45, 2.75) is 58.0 Å². The van der Waals surface area contributed by atoms with Crippen molar-refractivity contribution in [1.82, 2.24) is 15.5 Å². The van der Waals surface area contributed by atoms with E-state index in [0.29, 0.717) is 5.56 Å². The predicted molar refractivity (Wildman–Crippen MR) is 98.9 cm³/mol. The van der Waals surface area contributed by atoms with E-state index in [1.165, 1.54) is 6.07 Å².